The number of benzene rings is 14. The normalized spacial score (nSPS) is 9.97. The van der Waals surface area contributed by atoms with Crippen LogP contribution in [-0.2, 0) is 0 Å². The fourth-order valence-electron chi connectivity index (χ4n) is 11.1. The first-order valence-electron chi connectivity index (χ1n) is 35.8. The first kappa shape index (κ1) is 81.8. The lowest BCUT2D eigenvalue weighted by molar-refractivity contribution is 0.103. The monoisotopic (exact) mass is 1450 g/mol. The second-order valence-corrected chi connectivity index (χ2v) is 25.6. The second-order valence-electron chi connectivity index (χ2n) is 25.6. The van der Waals surface area contributed by atoms with Crippen LogP contribution < -0.4 is 9.47 Å². The van der Waals surface area contributed by atoms with Crippen molar-refractivity contribution in [2.24, 2.45) is 0 Å². The first-order valence-corrected chi connectivity index (χ1v) is 35.8. The Morgan fingerprint density at radius 1 is 0.200 bits per heavy atom. The number of methoxy groups -OCH3 is 2. The average molecular weight is 1450 g/mol. The van der Waals surface area contributed by atoms with E-state index >= 15 is 0 Å². The van der Waals surface area contributed by atoms with Crippen LogP contribution in [0.5, 0.6) is 17.2 Å². The molecule has 0 aliphatic heterocycles. The molecule has 10 nitrogen and oxygen atoms in total. The Labute approximate surface area is 645 Å². The number of aromatic hydroxyl groups is 1. The summed E-state index contributed by atoms with van der Waals surface area (Å²) in [6.07, 6.45) is 0. The molecule has 0 heterocycles. The van der Waals surface area contributed by atoms with Crippen molar-refractivity contribution in [2.75, 3.05) is 14.2 Å². The molecule has 0 fully saturated rings. The minimum atomic E-state index is -0.0319. The summed E-state index contributed by atoms with van der Waals surface area (Å²) in [6, 6.07) is 111. The molecule has 0 unspecified atom stereocenters. The highest BCUT2D eigenvalue weighted by Crippen LogP contribution is 2.22. The molecule has 548 valence electrons. The summed E-state index contributed by atoms with van der Waals surface area (Å²) in [4.78, 5) is 84.5. The molecular weight excluding hydrogens is 1360 g/mol. The molecule has 0 radical (unpaired) electrons. The zero-order valence-electron chi connectivity index (χ0n) is 63.3. The van der Waals surface area contributed by atoms with Crippen molar-refractivity contribution < 1.29 is 48.1 Å². The first-order chi connectivity index (χ1) is 53.2. The highest BCUT2D eigenvalue weighted by molar-refractivity contribution is 6.13. The Morgan fingerprint density at radius 2 is 0.409 bits per heavy atom. The summed E-state index contributed by atoms with van der Waals surface area (Å²) in [5.74, 6) is 2.05. The van der Waals surface area contributed by atoms with Gasteiger partial charge in [0, 0.05) is 77.9 Å². The number of hydrogen-bond donors (Lipinski definition) is 1. The van der Waals surface area contributed by atoms with Gasteiger partial charge in [-0.3, -0.25) is 33.6 Å². The molecule has 0 bridgehead atoms. The van der Waals surface area contributed by atoms with Gasteiger partial charge in [0.2, 0.25) is 0 Å². The van der Waals surface area contributed by atoms with Crippen LogP contribution >= 0.6 is 0 Å². The van der Waals surface area contributed by atoms with Gasteiger partial charge in [0.25, 0.3) is 0 Å². The van der Waals surface area contributed by atoms with Gasteiger partial charge in [-0.1, -0.05) is 308 Å². The van der Waals surface area contributed by atoms with Crippen molar-refractivity contribution in [3.8, 4) is 17.2 Å². The van der Waals surface area contributed by atoms with E-state index in [1.807, 2.05) is 328 Å². The van der Waals surface area contributed by atoms with E-state index in [0.29, 0.717) is 22.3 Å². The molecule has 14 aromatic rings. The van der Waals surface area contributed by atoms with Gasteiger partial charge in [0.15, 0.2) is 40.5 Å². The van der Waals surface area contributed by atoms with Gasteiger partial charge in [-0.25, -0.2) is 0 Å². The van der Waals surface area contributed by atoms with Crippen LogP contribution in [0.4, 0.5) is 0 Å². The standard InChI is InChI=1S/C15H14O3.3C15H14O.C14H12O.C13H10O2.C13H10O/c1-17-13-7-3-11(4-8-13)15(16)12-5-9-14(18-2)10-6-12;1-11-3-7-13(8-4-11)15(16)14-9-5-12(2)6-10-14;1-11-7-3-5-9-13(11)15(16)14-10-6-4-8-12(14)2;1-11-8-9-14(12(2)10-11)15(16)13-6-4-3-5-7-13;1-11-7-5-6-10-13(11)14(15)12-8-3-2-4-9-12;14-12-8-6-11(7-9-12)13(15)10-4-2-1-3-5-10;14-13(11-7-3-1-4-8-11)12-9-5-2-6-10-12/h3-10H,1-2H3;3*3-10H,1-2H3;2-10H,1H3;1-9,14H;1-10H. The number of hydrogen-bond acceptors (Lipinski definition) is 10. The average Bonchev–Trinajstić information content (AvgIpc) is 0.705. The van der Waals surface area contributed by atoms with E-state index < -0.39 is 0 Å². The van der Waals surface area contributed by atoms with Crippen LogP contribution in [0.15, 0.2) is 364 Å². The topological polar surface area (TPSA) is 158 Å². The van der Waals surface area contributed by atoms with Gasteiger partial charge in [0.1, 0.15) is 17.2 Å². The van der Waals surface area contributed by atoms with Gasteiger partial charge in [-0.2, -0.15) is 0 Å². The molecule has 14 rings (SSSR count). The molecule has 0 saturated carbocycles. The summed E-state index contributed by atoms with van der Waals surface area (Å²) in [5.41, 5.74) is 17.7. The van der Waals surface area contributed by atoms with Crippen LogP contribution in [0.1, 0.15) is 150 Å². The summed E-state index contributed by atoms with van der Waals surface area (Å²) >= 11 is 0. The number of phenolic OH excluding ortho intramolecular Hbond substituents is 1. The summed E-state index contributed by atoms with van der Waals surface area (Å²) < 4.78 is 10.1. The quantitative estimate of drug-likeness (QED) is 0.0923. The minimum Gasteiger partial charge on any atom is -0.508 e. The van der Waals surface area contributed by atoms with Gasteiger partial charge < -0.3 is 14.6 Å². The third-order valence-corrected chi connectivity index (χ3v) is 17.4. The molecule has 0 aliphatic carbocycles. The molecule has 0 aliphatic rings. The van der Waals surface area contributed by atoms with Gasteiger partial charge in [0.05, 0.1) is 14.2 Å². The maximum absolute atomic E-state index is 12.3. The minimum absolute atomic E-state index is 0.0136. The fourth-order valence-corrected chi connectivity index (χ4v) is 11.1. The Morgan fingerprint density at radius 3 is 0.673 bits per heavy atom. The number of carbonyl (C=O) groups excluding carboxylic acids is 7. The van der Waals surface area contributed by atoms with E-state index in [9.17, 15) is 33.6 Å². The number of carbonyl (C=O) groups is 7. The Bertz CT molecular complexity index is 5110. The molecule has 0 saturated heterocycles. The predicted molar refractivity (Wildman–Crippen MR) is 442 cm³/mol. The third kappa shape index (κ3) is 24.6. The van der Waals surface area contributed by atoms with Crippen molar-refractivity contribution in [1.82, 2.24) is 0 Å². The molecule has 0 atom stereocenters. The fraction of sp³-hybridized carbons (Fsp3) is 0.0900. The van der Waals surface area contributed by atoms with Crippen LogP contribution in [0.3, 0.4) is 0 Å². The molecular formula is C100H88O10. The van der Waals surface area contributed by atoms with Crippen molar-refractivity contribution in [2.45, 2.75) is 48.5 Å². The Balaban J connectivity index is 0.000000161. The smallest absolute Gasteiger partial charge is 0.193 e. The molecule has 110 heavy (non-hydrogen) atoms. The number of rotatable bonds is 16. The zero-order chi connectivity index (χ0) is 78.7. The summed E-state index contributed by atoms with van der Waals surface area (Å²) in [7, 11) is 3.20. The predicted octanol–water partition coefficient (Wildman–Crippen LogP) is 22.3. The maximum Gasteiger partial charge on any atom is 0.193 e. The number of phenols is 1. The SMILES string of the molecule is COc1ccc(C(=O)c2ccc(OC)cc2)cc1.Cc1ccc(C(=O)c2ccc(C)cc2)cc1.Cc1ccc(C(=O)c2ccccc2)c(C)c1.Cc1ccccc1C(=O)c1ccccc1.Cc1ccccc1C(=O)c1ccccc1C.O=C(c1ccccc1)c1ccc(O)cc1.O=C(c1ccccc1)c1ccccc1. The highest BCUT2D eigenvalue weighted by atomic mass is 16.5. The van der Waals surface area contributed by atoms with E-state index in [4.69, 9.17) is 14.6 Å². The van der Waals surface area contributed by atoms with Gasteiger partial charge in [-0.05, 0) is 144 Å². The van der Waals surface area contributed by atoms with Crippen LogP contribution in [0.2, 0.25) is 0 Å². The lowest BCUT2D eigenvalue weighted by Gasteiger charge is -2.06. The summed E-state index contributed by atoms with van der Waals surface area (Å²) in [5, 5.41) is 9.10. The molecule has 10 heteroatoms. The van der Waals surface area contributed by atoms with Gasteiger partial charge >= 0.3 is 0 Å². The van der Waals surface area contributed by atoms with E-state index in [0.717, 1.165) is 89.4 Å². The van der Waals surface area contributed by atoms with Crippen LogP contribution in [0.25, 0.3) is 0 Å². The van der Waals surface area contributed by atoms with E-state index in [2.05, 4.69) is 0 Å². The zero-order valence-corrected chi connectivity index (χ0v) is 63.3. The molecule has 0 amide bonds. The maximum atomic E-state index is 12.3. The second kappa shape index (κ2) is 42.3. The van der Waals surface area contributed by atoms with Crippen LogP contribution in [-0.4, -0.2) is 59.8 Å². The molecule has 14 aromatic carbocycles. The molecule has 1 N–H and O–H groups in total. The molecule has 0 spiro atoms. The third-order valence-electron chi connectivity index (χ3n) is 17.4. The van der Waals surface area contributed by atoms with E-state index in [1.165, 1.54) is 28.8 Å². The van der Waals surface area contributed by atoms with Crippen molar-refractivity contribution >= 4 is 40.5 Å². The van der Waals surface area contributed by atoms with Gasteiger partial charge in [-0.15, -0.1) is 0 Å². The van der Waals surface area contributed by atoms with Crippen molar-refractivity contribution in [3.63, 3.8) is 0 Å². The van der Waals surface area contributed by atoms with Crippen LogP contribution in [0, 0.1) is 48.5 Å². The Hall–Kier alpha value is -13.8. The van der Waals surface area contributed by atoms with Crippen molar-refractivity contribution in [3.05, 3.63) is 481 Å². The number of ether oxygens (including phenoxy) is 2. The highest BCUT2D eigenvalue weighted by Gasteiger charge is 2.16. The number of ketones is 7. The largest absolute Gasteiger partial charge is 0.508 e. The lowest BCUT2D eigenvalue weighted by atomic mass is 9.96. The Kier molecular flexibility index (Phi) is 31.5. The van der Waals surface area contributed by atoms with Crippen molar-refractivity contribution in [1.29, 1.82) is 0 Å². The molecule has 0 aromatic heterocycles. The van der Waals surface area contributed by atoms with E-state index in [-0.39, 0.29) is 46.2 Å². The lowest BCUT2D eigenvalue weighted by Crippen LogP contribution is -2.05. The number of aryl methyl sites for hydroxylation is 7. The van der Waals surface area contributed by atoms with E-state index in [1.54, 1.807) is 87.0 Å². The summed E-state index contributed by atoms with van der Waals surface area (Å²) in [6.45, 7) is 13.9.